The molecule has 3 rings (SSSR count). The van der Waals surface area contributed by atoms with Crippen molar-refractivity contribution in [2.75, 3.05) is 12.8 Å². The van der Waals surface area contributed by atoms with Crippen LogP contribution in [0, 0.1) is 0 Å². The van der Waals surface area contributed by atoms with Gasteiger partial charge in [0.25, 0.3) is 0 Å². The molecule has 0 unspecified atom stereocenters. The van der Waals surface area contributed by atoms with E-state index in [-0.39, 0.29) is 0 Å². The summed E-state index contributed by atoms with van der Waals surface area (Å²) in [5.41, 5.74) is 5.61. The molecule has 0 spiro atoms. The Balaban J connectivity index is 1.56. The van der Waals surface area contributed by atoms with Gasteiger partial charge in [-0.25, -0.2) is 4.98 Å². The molecule has 1 aliphatic carbocycles. The van der Waals surface area contributed by atoms with Gasteiger partial charge >= 0.3 is 0 Å². The molecule has 0 saturated heterocycles. The summed E-state index contributed by atoms with van der Waals surface area (Å²) in [6.45, 7) is 1.47. The summed E-state index contributed by atoms with van der Waals surface area (Å²) in [4.78, 5) is 11.8. The molecular formula is C12H17N5OS. The predicted octanol–water partition coefficient (Wildman–Crippen LogP) is 2.01. The number of hydrogen-bond donors (Lipinski definition) is 1. The van der Waals surface area contributed by atoms with Crippen LogP contribution in [0.4, 0.5) is 5.13 Å². The van der Waals surface area contributed by atoms with Crippen LogP contribution >= 0.6 is 11.3 Å². The van der Waals surface area contributed by atoms with Gasteiger partial charge in [-0.05, 0) is 19.9 Å². The minimum absolute atomic E-state index is 0.493. The molecule has 1 aliphatic rings. The van der Waals surface area contributed by atoms with E-state index in [1.54, 1.807) is 0 Å². The summed E-state index contributed by atoms with van der Waals surface area (Å²) in [6, 6.07) is 0. The lowest BCUT2D eigenvalue weighted by Gasteiger charge is -2.20. The van der Waals surface area contributed by atoms with E-state index in [1.807, 2.05) is 13.2 Å². The first-order valence-electron chi connectivity index (χ1n) is 6.42. The van der Waals surface area contributed by atoms with Gasteiger partial charge in [0.1, 0.15) is 0 Å². The zero-order valence-electron chi connectivity index (χ0n) is 10.9. The van der Waals surface area contributed by atoms with E-state index in [0.29, 0.717) is 17.6 Å². The third kappa shape index (κ3) is 2.93. The fourth-order valence-corrected chi connectivity index (χ4v) is 2.88. The molecule has 0 aromatic carbocycles. The maximum absolute atomic E-state index is 5.61. The number of anilines is 1. The zero-order chi connectivity index (χ0) is 13.2. The van der Waals surface area contributed by atoms with Gasteiger partial charge in [-0.3, -0.25) is 4.90 Å². The smallest absolute Gasteiger partial charge is 0.229 e. The molecule has 6 nitrogen and oxygen atoms in total. The summed E-state index contributed by atoms with van der Waals surface area (Å²) >= 11 is 1.51. The van der Waals surface area contributed by atoms with E-state index in [4.69, 9.17) is 10.3 Å². The van der Waals surface area contributed by atoms with E-state index in [0.717, 1.165) is 23.1 Å². The van der Waals surface area contributed by atoms with E-state index in [2.05, 4.69) is 20.0 Å². The summed E-state index contributed by atoms with van der Waals surface area (Å²) < 4.78 is 5.31. The molecule has 102 valence electrons. The first-order valence-corrected chi connectivity index (χ1v) is 7.23. The molecule has 2 N–H and O–H groups in total. The molecule has 0 amide bonds. The van der Waals surface area contributed by atoms with Gasteiger partial charge in [0.15, 0.2) is 11.0 Å². The maximum atomic E-state index is 5.61. The van der Waals surface area contributed by atoms with Crippen LogP contribution in [0.1, 0.15) is 41.8 Å². The highest BCUT2D eigenvalue weighted by Gasteiger charge is 2.25. The van der Waals surface area contributed by atoms with Crippen LogP contribution in [0.3, 0.4) is 0 Å². The van der Waals surface area contributed by atoms with Crippen molar-refractivity contribution < 1.29 is 4.52 Å². The molecule has 2 aromatic heterocycles. The molecule has 2 heterocycles. The van der Waals surface area contributed by atoms with Crippen LogP contribution in [-0.4, -0.2) is 27.1 Å². The summed E-state index contributed by atoms with van der Waals surface area (Å²) in [7, 11) is 2.02. The number of rotatable bonds is 5. The van der Waals surface area contributed by atoms with Gasteiger partial charge < -0.3 is 10.3 Å². The molecule has 7 heteroatoms. The molecule has 0 bridgehead atoms. The molecule has 1 saturated carbocycles. The highest BCUT2D eigenvalue weighted by molar-refractivity contribution is 7.15. The van der Waals surface area contributed by atoms with Crippen molar-refractivity contribution in [2.45, 2.75) is 38.3 Å². The number of thiazole rings is 1. The van der Waals surface area contributed by atoms with Crippen LogP contribution in [-0.2, 0) is 13.1 Å². The van der Waals surface area contributed by atoms with Crippen molar-refractivity contribution in [1.29, 1.82) is 0 Å². The third-order valence-electron chi connectivity index (χ3n) is 3.35. The third-order valence-corrected chi connectivity index (χ3v) is 4.16. The van der Waals surface area contributed by atoms with Gasteiger partial charge in [-0.1, -0.05) is 11.6 Å². The molecule has 0 radical (unpaired) electrons. The average molecular weight is 279 g/mol. The van der Waals surface area contributed by atoms with E-state index in [1.165, 1.54) is 30.6 Å². The Morgan fingerprint density at radius 3 is 2.95 bits per heavy atom. The molecular weight excluding hydrogens is 262 g/mol. The van der Waals surface area contributed by atoms with E-state index < -0.39 is 0 Å². The van der Waals surface area contributed by atoms with Crippen molar-refractivity contribution in [3.8, 4) is 0 Å². The first kappa shape index (κ1) is 12.6. The van der Waals surface area contributed by atoms with Gasteiger partial charge in [-0.15, -0.1) is 11.3 Å². The van der Waals surface area contributed by atoms with Gasteiger partial charge in [0.2, 0.25) is 5.89 Å². The highest BCUT2D eigenvalue weighted by Crippen LogP contribution is 2.35. The van der Waals surface area contributed by atoms with Gasteiger partial charge in [0, 0.05) is 23.5 Å². The first-order chi connectivity index (χ1) is 9.20. The molecule has 19 heavy (non-hydrogen) atoms. The van der Waals surface area contributed by atoms with Crippen molar-refractivity contribution in [1.82, 2.24) is 20.0 Å². The van der Waals surface area contributed by atoms with E-state index in [9.17, 15) is 0 Å². The quantitative estimate of drug-likeness (QED) is 0.901. The van der Waals surface area contributed by atoms with E-state index >= 15 is 0 Å². The fraction of sp³-hybridized carbons (Fsp3) is 0.583. The minimum Gasteiger partial charge on any atom is -0.375 e. The second-order valence-electron chi connectivity index (χ2n) is 5.01. The van der Waals surface area contributed by atoms with Crippen molar-refractivity contribution in [2.24, 2.45) is 0 Å². The monoisotopic (exact) mass is 279 g/mol. The van der Waals surface area contributed by atoms with Crippen LogP contribution in [0.15, 0.2) is 10.7 Å². The van der Waals surface area contributed by atoms with Gasteiger partial charge in [-0.2, -0.15) is 4.98 Å². The van der Waals surface area contributed by atoms with Crippen LogP contribution in [0.2, 0.25) is 0 Å². The minimum atomic E-state index is 0.493. The van der Waals surface area contributed by atoms with Crippen molar-refractivity contribution >= 4 is 16.5 Å². The second-order valence-corrected chi connectivity index (χ2v) is 6.16. The molecule has 1 fully saturated rings. The van der Waals surface area contributed by atoms with Gasteiger partial charge in [0.05, 0.1) is 6.54 Å². The second kappa shape index (κ2) is 5.26. The number of nitrogen functional groups attached to an aromatic ring is 1. The van der Waals surface area contributed by atoms with Crippen LogP contribution in [0.25, 0.3) is 0 Å². The molecule has 0 aliphatic heterocycles. The average Bonchev–Trinajstić information content (AvgIpc) is 2.86. The number of nitrogens with two attached hydrogens (primary N) is 1. The SMILES string of the molecule is CN(Cc1noc(C2CCC2)n1)Cc1cnc(N)s1. The Kier molecular flexibility index (Phi) is 3.48. The predicted molar refractivity (Wildman–Crippen MR) is 72.6 cm³/mol. The zero-order valence-corrected chi connectivity index (χ0v) is 11.7. The largest absolute Gasteiger partial charge is 0.375 e. The van der Waals surface area contributed by atoms with Crippen LogP contribution in [0.5, 0.6) is 0 Å². The summed E-state index contributed by atoms with van der Waals surface area (Å²) in [5, 5.41) is 4.65. The lowest BCUT2D eigenvalue weighted by atomic mass is 9.85. The lowest BCUT2D eigenvalue weighted by Crippen LogP contribution is -2.17. The Morgan fingerprint density at radius 2 is 2.32 bits per heavy atom. The Bertz CT molecular complexity index is 548. The standard InChI is InChI=1S/C12H17N5OS/c1-17(6-9-5-14-12(13)19-9)7-10-15-11(18-16-10)8-3-2-4-8/h5,8H,2-4,6-7H2,1H3,(H2,13,14). The molecule has 2 aromatic rings. The Morgan fingerprint density at radius 1 is 1.47 bits per heavy atom. The normalized spacial score (nSPS) is 15.9. The van der Waals surface area contributed by atoms with Crippen LogP contribution < -0.4 is 5.73 Å². The number of nitrogens with zero attached hydrogens (tertiary/aromatic N) is 4. The summed E-state index contributed by atoms with van der Waals surface area (Å²) in [6.07, 6.45) is 5.44. The number of hydrogen-bond acceptors (Lipinski definition) is 7. The van der Waals surface area contributed by atoms with Crippen molar-refractivity contribution in [3.63, 3.8) is 0 Å². The Labute approximate surface area is 115 Å². The Hall–Kier alpha value is -1.47. The topological polar surface area (TPSA) is 81.1 Å². The highest BCUT2D eigenvalue weighted by atomic mass is 32.1. The fourth-order valence-electron chi connectivity index (χ4n) is 2.11. The number of aromatic nitrogens is 3. The lowest BCUT2D eigenvalue weighted by molar-refractivity contribution is 0.282. The maximum Gasteiger partial charge on any atom is 0.229 e. The summed E-state index contributed by atoms with van der Waals surface area (Å²) in [5.74, 6) is 2.05. The molecule has 0 atom stereocenters. The van der Waals surface area contributed by atoms with Crippen molar-refractivity contribution in [3.05, 3.63) is 22.8 Å².